The first-order valence-electron chi connectivity index (χ1n) is 14.4. The molecule has 1 aliphatic rings. The lowest BCUT2D eigenvalue weighted by Crippen LogP contribution is -2.48. The second kappa shape index (κ2) is 12.5. The zero-order valence-corrected chi connectivity index (χ0v) is 26.0. The number of methoxy groups -OCH3 is 1. The predicted octanol–water partition coefficient (Wildman–Crippen LogP) is 4.53. The molecule has 1 N–H and O–H groups in total. The summed E-state index contributed by atoms with van der Waals surface area (Å²) < 4.78 is 42.2. The van der Waals surface area contributed by atoms with Crippen LogP contribution in [0.4, 0.5) is 0 Å². The van der Waals surface area contributed by atoms with E-state index in [-0.39, 0.29) is 43.0 Å². The molecule has 0 aliphatic carbocycles. The van der Waals surface area contributed by atoms with Crippen molar-refractivity contribution in [3.05, 3.63) is 84.1 Å². The van der Waals surface area contributed by atoms with Gasteiger partial charge < -0.3 is 24.0 Å². The van der Waals surface area contributed by atoms with Gasteiger partial charge in [0.05, 0.1) is 37.4 Å². The summed E-state index contributed by atoms with van der Waals surface area (Å²) in [5.74, 6) is -0.0240. The first-order chi connectivity index (χ1) is 20.6. The van der Waals surface area contributed by atoms with E-state index >= 15 is 0 Å². The van der Waals surface area contributed by atoms with E-state index in [1.54, 1.807) is 17.0 Å². The first kappa shape index (κ1) is 30.7. The number of hydrogen-bond acceptors (Lipinski definition) is 6. The molecule has 0 radical (unpaired) electrons. The van der Waals surface area contributed by atoms with Gasteiger partial charge in [0.2, 0.25) is 10.0 Å². The van der Waals surface area contributed by atoms with E-state index in [1.165, 1.54) is 30.6 Å². The third-order valence-corrected chi connectivity index (χ3v) is 10.2. The number of carbonyl (C=O) groups excluding carboxylic acids is 1. The van der Waals surface area contributed by atoms with E-state index in [9.17, 15) is 18.3 Å². The minimum Gasteiger partial charge on any atom is -0.497 e. The largest absolute Gasteiger partial charge is 0.497 e. The van der Waals surface area contributed by atoms with Crippen molar-refractivity contribution >= 4 is 26.8 Å². The van der Waals surface area contributed by atoms with Crippen LogP contribution in [0.3, 0.4) is 0 Å². The molecule has 3 atom stereocenters. The number of nitrogens with zero attached hydrogens (tertiary/aromatic N) is 3. The number of fused-ring (bicyclic) bond motifs is 5. The van der Waals surface area contributed by atoms with Gasteiger partial charge in [-0.2, -0.15) is 4.31 Å². The number of amides is 1. The Bertz CT molecular complexity index is 1730. The third kappa shape index (κ3) is 5.80. The van der Waals surface area contributed by atoms with Gasteiger partial charge in [-0.05, 0) is 36.2 Å². The summed E-state index contributed by atoms with van der Waals surface area (Å²) in [5, 5.41) is 11.2. The Morgan fingerprint density at radius 3 is 2.56 bits per heavy atom. The number of aromatic nitrogens is 1. The van der Waals surface area contributed by atoms with Crippen molar-refractivity contribution < 1.29 is 27.8 Å². The van der Waals surface area contributed by atoms with Crippen LogP contribution in [0.1, 0.15) is 29.9 Å². The second-order valence-corrected chi connectivity index (χ2v) is 13.3. The van der Waals surface area contributed by atoms with Gasteiger partial charge in [-0.15, -0.1) is 0 Å². The van der Waals surface area contributed by atoms with Crippen LogP contribution in [0.15, 0.2) is 77.7 Å². The Balaban J connectivity index is 1.59. The minimum atomic E-state index is -3.86. The Kier molecular flexibility index (Phi) is 8.94. The predicted molar refractivity (Wildman–Crippen MR) is 166 cm³/mol. The first-order valence-corrected chi connectivity index (χ1v) is 15.8. The number of aryl methyl sites for hydroxylation is 1. The molecule has 0 saturated heterocycles. The second-order valence-electron chi connectivity index (χ2n) is 11.2. The fraction of sp³-hybridized carbons (Fsp3) is 0.364. The van der Waals surface area contributed by atoms with Gasteiger partial charge >= 0.3 is 0 Å². The number of sulfonamides is 1. The van der Waals surface area contributed by atoms with Gasteiger partial charge in [-0.25, -0.2) is 8.42 Å². The Morgan fingerprint density at radius 2 is 1.81 bits per heavy atom. The lowest BCUT2D eigenvalue weighted by Gasteiger charge is -2.35. The summed E-state index contributed by atoms with van der Waals surface area (Å²) in [5.41, 5.74) is 4.07. The van der Waals surface area contributed by atoms with Crippen LogP contribution in [0.5, 0.6) is 5.75 Å². The summed E-state index contributed by atoms with van der Waals surface area (Å²) in [6.07, 6.45) is -0.558. The number of aliphatic hydroxyl groups is 1. The third-order valence-electron chi connectivity index (χ3n) is 8.41. The molecule has 228 valence electrons. The highest BCUT2D eigenvalue weighted by molar-refractivity contribution is 7.89. The smallest absolute Gasteiger partial charge is 0.271 e. The lowest BCUT2D eigenvalue weighted by atomic mass is 9.96. The van der Waals surface area contributed by atoms with Crippen molar-refractivity contribution in [3.8, 4) is 16.9 Å². The van der Waals surface area contributed by atoms with Gasteiger partial charge in [-0.3, -0.25) is 4.79 Å². The number of ether oxygens (including phenoxy) is 2. The number of benzene rings is 3. The van der Waals surface area contributed by atoms with Crippen molar-refractivity contribution in [3.63, 3.8) is 0 Å². The molecule has 2 heterocycles. The Hall–Kier alpha value is -3.70. The van der Waals surface area contributed by atoms with Crippen LogP contribution >= 0.6 is 0 Å². The summed E-state index contributed by atoms with van der Waals surface area (Å²) >= 11 is 0. The van der Waals surface area contributed by atoms with E-state index in [4.69, 9.17) is 9.47 Å². The standard InChI is InChI=1S/C33H39N3O6S/c1-22-18-36(23(2)20-37)33(38)32-31(28-15-8-9-16-29(28)35(32)4)27-14-7-6-11-24(27)21-42-30(22)19-34(3)43(39,40)26-13-10-12-25(17-26)41-5/h6-17,22-23,30,37H,18-21H2,1-5H3/t22-,23-,30-/m0/s1. The molecule has 3 aromatic carbocycles. The van der Waals surface area contributed by atoms with Crippen molar-refractivity contribution in [1.82, 2.24) is 13.8 Å². The average Bonchev–Trinajstić information content (AvgIpc) is 3.31. The van der Waals surface area contributed by atoms with Crippen LogP contribution in [0.25, 0.3) is 22.0 Å². The van der Waals surface area contributed by atoms with Crippen LogP contribution in [-0.2, 0) is 28.4 Å². The van der Waals surface area contributed by atoms with E-state index in [0.717, 1.165) is 27.6 Å². The maximum atomic E-state index is 14.5. The molecular weight excluding hydrogens is 566 g/mol. The molecule has 9 nitrogen and oxygen atoms in total. The number of rotatable bonds is 7. The molecule has 0 fully saturated rings. The molecule has 0 spiro atoms. The Morgan fingerprint density at radius 1 is 1.09 bits per heavy atom. The van der Waals surface area contributed by atoms with Crippen molar-refractivity contribution in [2.45, 2.75) is 37.5 Å². The summed E-state index contributed by atoms with van der Waals surface area (Å²) in [6.45, 7) is 4.10. The topological polar surface area (TPSA) is 101 Å². The van der Waals surface area contributed by atoms with Gasteiger partial charge in [0.15, 0.2) is 0 Å². The van der Waals surface area contributed by atoms with E-state index in [2.05, 4.69) is 0 Å². The lowest BCUT2D eigenvalue weighted by molar-refractivity contribution is -0.0147. The number of hydrogen-bond donors (Lipinski definition) is 1. The number of para-hydroxylation sites is 1. The molecule has 0 saturated carbocycles. The quantitative estimate of drug-likeness (QED) is 0.332. The van der Waals surface area contributed by atoms with E-state index in [0.29, 0.717) is 11.4 Å². The molecule has 1 aromatic heterocycles. The van der Waals surface area contributed by atoms with Crippen molar-refractivity contribution in [2.75, 3.05) is 33.9 Å². The number of likely N-dealkylation sites (N-methyl/N-ethyl adjacent to an activating group) is 1. The zero-order valence-electron chi connectivity index (χ0n) is 25.2. The molecule has 0 unspecified atom stereocenters. The molecule has 1 aliphatic heterocycles. The molecule has 10 heteroatoms. The Labute approximate surface area is 253 Å². The maximum absolute atomic E-state index is 14.5. The monoisotopic (exact) mass is 605 g/mol. The highest BCUT2D eigenvalue weighted by Gasteiger charge is 2.35. The highest BCUT2D eigenvalue weighted by Crippen LogP contribution is 2.38. The SMILES string of the molecule is COc1cccc(S(=O)(=O)N(C)C[C@@H]2OCc3ccccc3-c3c(n(C)c4ccccc34)C(=O)N([C@@H](C)CO)C[C@@H]2C)c1. The minimum absolute atomic E-state index is 0.0638. The average molecular weight is 606 g/mol. The molecule has 1 amide bonds. The van der Waals surface area contributed by atoms with Gasteiger partial charge in [-0.1, -0.05) is 55.5 Å². The van der Waals surface area contributed by atoms with Crippen molar-refractivity contribution in [1.29, 1.82) is 0 Å². The molecule has 43 heavy (non-hydrogen) atoms. The molecule has 5 rings (SSSR count). The summed E-state index contributed by atoms with van der Waals surface area (Å²) in [4.78, 5) is 16.3. The van der Waals surface area contributed by atoms with Crippen molar-refractivity contribution in [2.24, 2.45) is 13.0 Å². The molecule has 4 aromatic rings. The maximum Gasteiger partial charge on any atom is 0.271 e. The van der Waals surface area contributed by atoms with E-state index in [1.807, 2.05) is 74.0 Å². The summed E-state index contributed by atoms with van der Waals surface area (Å²) in [7, 11) is 1.06. The number of carbonyl (C=O) groups is 1. The van der Waals surface area contributed by atoms with Gasteiger partial charge in [0.1, 0.15) is 11.4 Å². The van der Waals surface area contributed by atoms with Crippen LogP contribution in [-0.4, -0.2) is 79.2 Å². The fourth-order valence-corrected chi connectivity index (χ4v) is 7.04. The van der Waals surface area contributed by atoms with Crippen LogP contribution in [0.2, 0.25) is 0 Å². The normalized spacial score (nSPS) is 18.7. The number of aliphatic hydroxyl groups excluding tert-OH is 1. The molecule has 0 bridgehead atoms. The highest BCUT2D eigenvalue weighted by atomic mass is 32.2. The van der Waals surface area contributed by atoms with E-state index < -0.39 is 22.2 Å². The van der Waals surface area contributed by atoms with Crippen LogP contribution in [0, 0.1) is 5.92 Å². The summed E-state index contributed by atoms with van der Waals surface area (Å²) in [6, 6.07) is 21.7. The van der Waals surface area contributed by atoms with Gasteiger partial charge in [0, 0.05) is 55.6 Å². The molecular formula is C33H39N3O6S. The zero-order chi connectivity index (χ0) is 30.9. The fourth-order valence-electron chi connectivity index (χ4n) is 5.82. The van der Waals surface area contributed by atoms with Gasteiger partial charge in [0.25, 0.3) is 5.91 Å². The van der Waals surface area contributed by atoms with Crippen LogP contribution < -0.4 is 4.74 Å².